The minimum absolute atomic E-state index is 0.257. The Morgan fingerprint density at radius 2 is 1.93 bits per heavy atom. The fraction of sp³-hybridized carbons (Fsp3) is 0.950. The molecular weight excluding hydrogens is 367 g/mol. The maximum atomic E-state index is 12.7. The van der Waals surface area contributed by atoms with Crippen molar-refractivity contribution in [1.29, 1.82) is 0 Å². The summed E-state index contributed by atoms with van der Waals surface area (Å²) in [6.07, 6.45) is 0.528. The molecule has 0 aromatic rings. The lowest BCUT2D eigenvalue weighted by Crippen LogP contribution is -2.44. The van der Waals surface area contributed by atoms with Gasteiger partial charge in [0, 0.05) is 32.2 Å². The summed E-state index contributed by atoms with van der Waals surface area (Å²) in [5, 5.41) is 3.39. The summed E-state index contributed by atoms with van der Waals surface area (Å²) in [5.41, 5.74) is 0. The number of rotatable bonds is 8. The molecule has 2 saturated heterocycles. The third kappa shape index (κ3) is 7.43. The van der Waals surface area contributed by atoms with Crippen LogP contribution in [-0.2, 0) is 0 Å². The highest BCUT2D eigenvalue weighted by atomic mass is 19.4. The molecular formula is C20H38F3N5. The van der Waals surface area contributed by atoms with Crippen molar-refractivity contribution in [3.8, 4) is 0 Å². The Bertz CT molecular complexity index is 483. The number of hydrogen-bond acceptors (Lipinski definition) is 3. The molecule has 5 nitrogen and oxygen atoms in total. The van der Waals surface area contributed by atoms with Gasteiger partial charge in [-0.05, 0) is 51.7 Å². The second-order valence-corrected chi connectivity index (χ2v) is 8.02. The molecule has 0 aromatic carbocycles. The van der Waals surface area contributed by atoms with Crippen molar-refractivity contribution < 1.29 is 13.2 Å². The van der Waals surface area contributed by atoms with Crippen molar-refractivity contribution in [2.75, 3.05) is 58.9 Å². The van der Waals surface area contributed by atoms with Crippen LogP contribution < -0.4 is 5.32 Å². The number of piperidine rings is 1. The van der Waals surface area contributed by atoms with E-state index in [1.54, 1.807) is 6.92 Å². The van der Waals surface area contributed by atoms with E-state index >= 15 is 0 Å². The van der Waals surface area contributed by atoms with Gasteiger partial charge in [-0.15, -0.1) is 0 Å². The Morgan fingerprint density at radius 1 is 1.14 bits per heavy atom. The zero-order valence-electron chi connectivity index (χ0n) is 17.8. The lowest BCUT2D eigenvalue weighted by atomic mass is 10.0. The smallest absolute Gasteiger partial charge is 0.357 e. The summed E-state index contributed by atoms with van der Waals surface area (Å²) >= 11 is 0. The van der Waals surface area contributed by atoms with Crippen molar-refractivity contribution in [1.82, 2.24) is 20.0 Å². The summed E-state index contributed by atoms with van der Waals surface area (Å²) in [7, 11) is 0. The molecule has 28 heavy (non-hydrogen) atoms. The Kier molecular flexibility index (Phi) is 9.34. The second kappa shape index (κ2) is 11.2. The van der Waals surface area contributed by atoms with Crippen LogP contribution in [0.15, 0.2) is 4.99 Å². The van der Waals surface area contributed by atoms with Gasteiger partial charge in [0.25, 0.3) is 0 Å². The van der Waals surface area contributed by atoms with Crippen LogP contribution in [0.3, 0.4) is 0 Å². The molecule has 2 unspecified atom stereocenters. The van der Waals surface area contributed by atoms with Gasteiger partial charge >= 0.3 is 6.18 Å². The number of likely N-dealkylation sites (N-methyl/N-ethyl adjacent to an activating group) is 1. The normalized spacial score (nSPS) is 25.0. The van der Waals surface area contributed by atoms with E-state index in [4.69, 9.17) is 4.99 Å². The molecule has 0 aliphatic carbocycles. The molecule has 0 amide bonds. The van der Waals surface area contributed by atoms with Crippen molar-refractivity contribution in [3.05, 3.63) is 0 Å². The van der Waals surface area contributed by atoms with E-state index in [1.807, 2.05) is 0 Å². The van der Waals surface area contributed by atoms with Crippen molar-refractivity contribution in [2.24, 2.45) is 10.9 Å². The minimum atomic E-state index is -4.13. The lowest BCUT2D eigenvalue weighted by Gasteiger charge is -2.34. The number of nitrogens with one attached hydrogen (secondary N) is 1. The van der Waals surface area contributed by atoms with Crippen LogP contribution in [0.2, 0.25) is 0 Å². The Morgan fingerprint density at radius 3 is 2.57 bits per heavy atom. The molecule has 8 heteroatoms. The maximum Gasteiger partial charge on any atom is 0.401 e. The van der Waals surface area contributed by atoms with Gasteiger partial charge in [-0.3, -0.25) is 14.8 Å². The first-order valence-electron chi connectivity index (χ1n) is 10.9. The van der Waals surface area contributed by atoms with E-state index in [2.05, 4.69) is 29.0 Å². The highest BCUT2D eigenvalue weighted by molar-refractivity contribution is 5.80. The van der Waals surface area contributed by atoms with Gasteiger partial charge in [-0.25, -0.2) is 0 Å². The molecule has 164 valence electrons. The van der Waals surface area contributed by atoms with E-state index in [1.165, 1.54) is 24.2 Å². The SMILES string of the molecule is CCNC(=NCC1CCCCN1CC)N1CCC(CN(CC)CC(F)(F)F)C1. The maximum absolute atomic E-state index is 12.7. The average Bonchev–Trinajstić information content (AvgIpc) is 3.12. The highest BCUT2D eigenvalue weighted by Crippen LogP contribution is 2.22. The van der Waals surface area contributed by atoms with Gasteiger partial charge < -0.3 is 10.2 Å². The lowest BCUT2D eigenvalue weighted by molar-refractivity contribution is -0.146. The number of aliphatic imine (C=N–C) groups is 1. The Labute approximate surface area is 168 Å². The Balaban J connectivity index is 1.91. The van der Waals surface area contributed by atoms with Crippen LogP contribution in [-0.4, -0.2) is 91.8 Å². The molecule has 2 fully saturated rings. The predicted molar refractivity (Wildman–Crippen MR) is 109 cm³/mol. The molecule has 2 rings (SSSR count). The van der Waals surface area contributed by atoms with Gasteiger partial charge in [-0.1, -0.05) is 20.3 Å². The van der Waals surface area contributed by atoms with Gasteiger partial charge in [-0.2, -0.15) is 13.2 Å². The number of likely N-dealkylation sites (tertiary alicyclic amines) is 2. The summed E-state index contributed by atoms with van der Waals surface area (Å²) in [4.78, 5) is 11.2. The van der Waals surface area contributed by atoms with E-state index < -0.39 is 12.7 Å². The molecule has 2 aliphatic heterocycles. The predicted octanol–water partition coefficient (Wildman–Crippen LogP) is 3.03. The van der Waals surface area contributed by atoms with Crippen molar-refractivity contribution >= 4 is 5.96 Å². The van der Waals surface area contributed by atoms with Gasteiger partial charge in [0.2, 0.25) is 0 Å². The second-order valence-electron chi connectivity index (χ2n) is 8.02. The summed E-state index contributed by atoms with van der Waals surface area (Å²) in [5.74, 6) is 1.18. The first kappa shape index (κ1) is 23.3. The molecule has 2 atom stereocenters. The number of alkyl halides is 3. The van der Waals surface area contributed by atoms with E-state index in [0.29, 0.717) is 19.1 Å². The molecule has 0 spiro atoms. The van der Waals surface area contributed by atoms with Crippen LogP contribution >= 0.6 is 0 Å². The molecule has 1 N–H and O–H groups in total. The molecule has 0 bridgehead atoms. The topological polar surface area (TPSA) is 34.1 Å². The standard InChI is InChI=1S/C20H38F3N5/c1-4-24-19(25-13-18-9-7-8-11-27(18)6-3)28-12-10-17(15-28)14-26(5-2)16-20(21,22)23/h17-18H,4-16H2,1-3H3,(H,24,25). The van der Waals surface area contributed by atoms with Crippen LogP contribution in [0, 0.1) is 5.92 Å². The van der Waals surface area contributed by atoms with Crippen molar-refractivity contribution in [2.45, 2.75) is 58.7 Å². The van der Waals surface area contributed by atoms with E-state index in [9.17, 15) is 13.2 Å². The van der Waals surface area contributed by atoms with Crippen LogP contribution in [0.5, 0.6) is 0 Å². The fourth-order valence-electron chi connectivity index (χ4n) is 4.40. The highest BCUT2D eigenvalue weighted by Gasteiger charge is 2.33. The van der Waals surface area contributed by atoms with Crippen LogP contribution in [0.4, 0.5) is 13.2 Å². The molecule has 2 heterocycles. The summed E-state index contributed by atoms with van der Waals surface area (Å²) in [6, 6.07) is 0.508. The first-order valence-corrected chi connectivity index (χ1v) is 10.9. The molecule has 0 radical (unpaired) electrons. The third-order valence-corrected chi connectivity index (χ3v) is 5.89. The fourth-order valence-corrected chi connectivity index (χ4v) is 4.40. The van der Waals surface area contributed by atoms with Gasteiger partial charge in [0.1, 0.15) is 0 Å². The van der Waals surface area contributed by atoms with Crippen LogP contribution in [0.25, 0.3) is 0 Å². The molecule has 0 saturated carbocycles. The quantitative estimate of drug-likeness (QED) is 0.497. The monoisotopic (exact) mass is 405 g/mol. The summed E-state index contributed by atoms with van der Waals surface area (Å²) < 4.78 is 38.2. The Hall–Kier alpha value is -1.02. The zero-order valence-corrected chi connectivity index (χ0v) is 17.8. The first-order chi connectivity index (χ1) is 13.4. The molecule has 0 aromatic heterocycles. The third-order valence-electron chi connectivity index (χ3n) is 5.89. The number of hydrogen-bond donors (Lipinski definition) is 1. The number of nitrogens with zero attached hydrogens (tertiary/aromatic N) is 4. The van der Waals surface area contributed by atoms with Gasteiger partial charge in [0.15, 0.2) is 5.96 Å². The van der Waals surface area contributed by atoms with Crippen molar-refractivity contribution in [3.63, 3.8) is 0 Å². The molecule has 2 aliphatic rings. The average molecular weight is 406 g/mol. The minimum Gasteiger partial charge on any atom is -0.357 e. The largest absolute Gasteiger partial charge is 0.401 e. The van der Waals surface area contributed by atoms with Gasteiger partial charge in [0.05, 0.1) is 13.1 Å². The zero-order chi connectivity index (χ0) is 20.6. The number of halogens is 3. The van der Waals surface area contributed by atoms with E-state index in [-0.39, 0.29) is 5.92 Å². The van der Waals surface area contributed by atoms with E-state index in [0.717, 1.165) is 51.6 Å². The summed E-state index contributed by atoms with van der Waals surface area (Å²) in [6.45, 7) is 11.6. The van der Waals surface area contributed by atoms with Crippen LogP contribution in [0.1, 0.15) is 46.5 Å². The number of guanidine groups is 1.